The molecule has 19 heavy (non-hydrogen) atoms. The molecule has 1 aromatic heterocycles. The molecule has 0 bridgehead atoms. The molecule has 4 heteroatoms. The summed E-state index contributed by atoms with van der Waals surface area (Å²) < 4.78 is 4.74. The minimum Gasteiger partial charge on any atom is -0.339 e. The zero-order chi connectivity index (χ0) is 13.0. The van der Waals surface area contributed by atoms with Crippen molar-refractivity contribution in [3.05, 3.63) is 45.3 Å². The highest BCUT2D eigenvalue weighted by Crippen LogP contribution is 2.37. The van der Waals surface area contributed by atoms with Gasteiger partial charge in [-0.05, 0) is 36.4 Å². The highest BCUT2D eigenvalue weighted by molar-refractivity contribution is 9.10. The van der Waals surface area contributed by atoms with Crippen LogP contribution in [0.5, 0.6) is 0 Å². The molecule has 0 saturated carbocycles. The summed E-state index contributed by atoms with van der Waals surface area (Å²) in [6.45, 7) is 1.12. The number of nitrogens with zero attached hydrogens (tertiary/aromatic N) is 1. The Balaban J connectivity index is 2.09. The predicted molar refractivity (Wildman–Crippen MR) is 91.1 cm³/mol. The van der Waals surface area contributed by atoms with Crippen LogP contribution in [0, 0.1) is 0 Å². The van der Waals surface area contributed by atoms with Crippen LogP contribution in [-0.2, 0) is 6.54 Å². The number of hydrogen-bond donors (Lipinski definition) is 0. The largest absolute Gasteiger partial charge is 0.339 e. The van der Waals surface area contributed by atoms with Crippen molar-refractivity contribution in [2.45, 2.75) is 11.8 Å². The number of benzene rings is 2. The first-order chi connectivity index (χ1) is 9.22. The van der Waals surface area contributed by atoms with E-state index in [1.807, 2.05) is 0 Å². The number of rotatable bonds is 2. The molecule has 0 N–H and O–H groups in total. The molecular weight excluding hydrogens is 386 g/mol. The summed E-state index contributed by atoms with van der Waals surface area (Å²) in [7, 11) is 0. The van der Waals surface area contributed by atoms with E-state index in [9.17, 15) is 0 Å². The third kappa shape index (κ3) is 2.14. The first kappa shape index (κ1) is 12.3. The molecule has 1 saturated heterocycles. The van der Waals surface area contributed by atoms with Crippen molar-refractivity contribution in [2.24, 2.45) is 0 Å². The molecule has 96 valence electrons. The zero-order valence-electron chi connectivity index (χ0n) is 10.1. The lowest BCUT2D eigenvalue weighted by Crippen LogP contribution is -2.02. The minimum atomic E-state index is 0.797. The van der Waals surface area contributed by atoms with E-state index in [1.165, 1.54) is 27.6 Å². The maximum atomic E-state index is 3.58. The Kier molecular flexibility index (Phi) is 2.94. The van der Waals surface area contributed by atoms with E-state index in [-0.39, 0.29) is 0 Å². The van der Waals surface area contributed by atoms with Gasteiger partial charge in [0.05, 0.1) is 0 Å². The summed E-state index contributed by atoms with van der Waals surface area (Å²) in [6.07, 6.45) is 0. The Morgan fingerprint density at radius 3 is 2.00 bits per heavy atom. The highest BCUT2D eigenvalue weighted by atomic mass is 79.9. The van der Waals surface area contributed by atoms with Crippen LogP contribution in [-0.4, -0.2) is 15.6 Å². The van der Waals surface area contributed by atoms with Gasteiger partial charge >= 0.3 is 0 Å². The van der Waals surface area contributed by atoms with Crippen LogP contribution >= 0.6 is 43.6 Å². The molecule has 1 aliphatic heterocycles. The van der Waals surface area contributed by atoms with Crippen LogP contribution in [0.4, 0.5) is 0 Å². The topological polar surface area (TPSA) is 4.93 Å². The maximum absolute atomic E-state index is 3.58. The number of aromatic nitrogens is 1. The summed E-state index contributed by atoms with van der Waals surface area (Å²) in [5.41, 5.74) is 2.67. The third-order valence-corrected chi connectivity index (χ3v) is 5.52. The van der Waals surface area contributed by atoms with Gasteiger partial charge in [0.2, 0.25) is 0 Å². The summed E-state index contributed by atoms with van der Waals surface area (Å²) in [5.74, 6) is 1.30. The molecular formula is C15H11Br2NS. The fraction of sp³-hybridized carbons (Fsp3) is 0.200. The molecule has 1 nitrogen and oxygen atoms in total. The summed E-state index contributed by atoms with van der Waals surface area (Å²) in [6, 6.07) is 13.2. The number of fused-ring (bicyclic) bond motifs is 3. The lowest BCUT2D eigenvalue weighted by molar-refractivity contribution is 0.777. The Bertz CT molecular complexity index is 730. The van der Waals surface area contributed by atoms with Gasteiger partial charge in [0, 0.05) is 48.3 Å². The average Bonchev–Trinajstić information content (AvgIpc) is 3.16. The standard InChI is InChI=1S/C15H11Br2NS/c16-9-1-3-14-12(5-9)13-6-10(17)2-4-15(13)18(14)7-11-8-19-11/h1-6,11H,7-8H2. The second kappa shape index (κ2) is 4.54. The Labute approximate surface area is 132 Å². The molecule has 0 aliphatic carbocycles. The van der Waals surface area contributed by atoms with E-state index >= 15 is 0 Å². The minimum absolute atomic E-state index is 0.797. The molecule has 4 rings (SSSR count). The second-order valence-electron chi connectivity index (χ2n) is 4.89. The molecule has 1 aliphatic rings. The van der Waals surface area contributed by atoms with Crippen molar-refractivity contribution < 1.29 is 0 Å². The fourth-order valence-electron chi connectivity index (χ4n) is 2.62. The van der Waals surface area contributed by atoms with Crippen LogP contribution in [0.15, 0.2) is 45.3 Å². The van der Waals surface area contributed by atoms with E-state index in [0.29, 0.717) is 0 Å². The molecule has 0 amide bonds. The van der Waals surface area contributed by atoms with Crippen LogP contribution in [0.2, 0.25) is 0 Å². The van der Waals surface area contributed by atoms with E-state index in [4.69, 9.17) is 0 Å². The van der Waals surface area contributed by atoms with Crippen molar-refractivity contribution in [1.82, 2.24) is 4.57 Å². The van der Waals surface area contributed by atoms with Gasteiger partial charge in [-0.15, -0.1) is 0 Å². The lowest BCUT2D eigenvalue weighted by atomic mass is 10.2. The van der Waals surface area contributed by atoms with Crippen molar-refractivity contribution in [3.8, 4) is 0 Å². The molecule has 1 unspecified atom stereocenters. The zero-order valence-corrected chi connectivity index (χ0v) is 14.1. The van der Waals surface area contributed by atoms with Crippen molar-refractivity contribution in [3.63, 3.8) is 0 Å². The molecule has 0 spiro atoms. The number of thioether (sulfide) groups is 1. The van der Waals surface area contributed by atoms with E-state index in [2.05, 4.69) is 84.6 Å². The Morgan fingerprint density at radius 2 is 1.53 bits per heavy atom. The lowest BCUT2D eigenvalue weighted by Gasteiger charge is -2.05. The van der Waals surface area contributed by atoms with Gasteiger partial charge in [0.25, 0.3) is 0 Å². The number of halogens is 2. The first-order valence-corrected chi connectivity index (χ1v) is 8.84. The predicted octanol–water partition coefficient (Wildman–Crippen LogP) is 5.43. The first-order valence-electron chi connectivity index (χ1n) is 6.21. The van der Waals surface area contributed by atoms with Gasteiger partial charge in [-0.2, -0.15) is 11.8 Å². The monoisotopic (exact) mass is 395 g/mol. The normalized spacial score (nSPS) is 18.3. The molecule has 0 radical (unpaired) electrons. The molecule has 2 aromatic carbocycles. The number of hydrogen-bond acceptors (Lipinski definition) is 1. The second-order valence-corrected chi connectivity index (χ2v) is 8.05. The smallest absolute Gasteiger partial charge is 0.0492 e. The van der Waals surface area contributed by atoms with Gasteiger partial charge in [-0.1, -0.05) is 31.9 Å². The fourth-order valence-corrected chi connectivity index (χ4v) is 3.84. The van der Waals surface area contributed by atoms with Crippen molar-refractivity contribution in [2.75, 3.05) is 5.75 Å². The molecule has 1 atom stereocenters. The molecule has 3 aromatic rings. The van der Waals surface area contributed by atoms with Crippen LogP contribution < -0.4 is 0 Å². The molecule has 1 fully saturated rings. The van der Waals surface area contributed by atoms with E-state index in [0.717, 1.165) is 20.7 Å². The quantitative estimate of drug-likeness (QED) is 0.522. The van der Waals surface area contributed by atoms with E-state index < -0.39 is 0 Å². The van der Waals surface area contributed by atoms with Crippen LogP contribution in [0.3, 0.4) is 0 Å². The van der Waals surface area contributed by atoms with Gasteiger partial charge in [-0.25, -0.2) is 0 Å². The Morgan fingerprint density at radius 1 is 1.00 bits per heavy atom. The Hall–Kier alpha value is -0.450. The van der Waals surface area contributed by atoms with Gasteiger partial charge in [-0.3, -0.25) is 0 Å². The van der Waals surface area contributed by atoms with Gasteiger partial charge < -0.3 is 4.57 Å². The van der Waals surface area contributed by atoms with Gasteiger partial charge in [0.1, 0.15) is 0 Å². The maximum Gasteiger partial charge on any atom is 0.0492 e. The van der Waals surface area contributed by atoms with Crippen molar-refractivity contribution >= 4 is 65.4 Å². The SMILES string of the molecule is Brc1ccc2c(c1)c1cc(Br)ccc1n2CC1CS1. The van der Waals surface area contributed by atoms with Gasteiger partial charge in [0.15, 0.2) is 0 Å². The third-order valence-electron chi connectivity index (χ3n) is 3.58. The van der Waals surface area contributed by atoms with E-state index in [1.54, 1.807) is 0 Å². The molecule has 2 heterocycles. The highest BCUT2D eigenvalue weighted by Gasteiger charge is 2.24. The van der Waals surface area contributed by atoms with Crippen molar-refractivity contribution in [1.29, 1.82) is 0 Å². The average molecular weight is 397 g/mol. The summed E-state index contributed by atoms with van der Waals surface area (Å²) >= 11 is 9.22. The van der Waals surface area contributed by atoms with Crippen LogP contribution in [0.1, 0.15) is 0 Å². The summed E-state index contributed by atoms with van der Waals surface area (Å²) in [5, 5.41) is 3.46. The summed E-state index contributed by atoms with van der Waals surface area (Å²) in [4.78, 5) is 0. The van der Waals surface area contributed by atoms with Crippen LogP contribution in [0.25, 0.3) is 21.8 Å².